The summed E-state index contributed by atoms with van der Waals surface area (Å²) >= 11 is 0. The Balaban J connectivity index is 2.28. The van der Waals surface area contributed by atoms with E-state index in [-0.39, 0.29) is 6.61 Å². The third-order valence-corrected chi connectivity index (χ3v) is 2.20. The Hall–Kier alpha value is -1.77. The molecule has 14 heavy (non-hydrogen) atoms. The number of benzene rings is 1. The Morgan fingerprint density at radius 2 is 2.29 bits per heavy atom. The predicted molar refractivity (Wildman–Crippen MR) is 52.7 cm³/mol. The quantitative estimate of drug-likeness (QED) is 0.633. The summed E-state index contributed by atoms with van der Waals surface area (Å²) in [6.07, 6.45) is 1.71. The van der Waals surface area contributed by atoms with Gasteiger partial charge < -0.3 is 9.47 Å². The molecular weight excluding hydrogens is 178 g/mol. The molecule has 0 saturated carbocycles. The minimum Gasteiger partial charge on any atom is -0.486 e. The van der Waals surface area contributed by atoms with Crippen LogP contribution in [0.15, 0.2) is 30.5 Å². The van der Waals surface area contributed by atoms with Gasteiger partial charge in [-0.3, -0.25) is 4.98 Å². The van der Waals surface area contributed by atoms with Gasteiger partial charge in [-0.05, 0) is 18.2 Å². The van der Waals surface area contributed by atoms with Crippen LogP contribution in [-0.4, -0.2) is 18.2 Å². The third kappa shape index (κ3) is 1.02. The first kappa shape index (κ1) is 6.65. The summed E-state index contributed by atoms with van der Waals surface area (Å²) in [7, 11) is 0. The molecule has 0 radical (unpaired) electrons. The first-order chi connectivity index (χ1) is 7.34. The topological polar surface area (TPSA) is 31.4 Å². The van der Waals surface area contributed by atoms with Crippen LogP contribution in [0.4, 0.5) is 0 Å². The highest BCUT2D eigenvalue weighted by atomic mass is 16.6. The molecule has 1 aromatic heterocycles. The van der Waals surface area contributed by atoms with Crippen LogP contribution in [0, 0.1) is 0 Å². The summed E-state index contributed by atoms with van der Waals surface area (Å²) < 4.78 is 18.3. The molecule has 3 rings (SSSR count). The first-order valence-electron chi connectivity index (χ1n) is 5.02. The highest BCUT2D eigenvalue weighted by molar-refractivity contribution is 5.87. The molecule has 1 unspecified atom stereocenters. The van der Waals surface area contributed by atoms with Crippen molar-refractivity contribution in [3.05, 3.63) is 30.5 Å². The first-order valence-corrected chi connectivity index (χ1v) is 4.44. The highest BCUT2D eigenvalue weighted by Gasteiger charge is 2.14. The SMILES string of the molecule is [2H]C1COc2ccc3cccnc3c2O1. The molecule has 3 heteroatoms. The van der Waals surface area contributed by atoms with E-state index >= 15 is 0 Å². The van der Waals surface area contributed by atoms with Crippen molar-refractivity contribution in [3.63, 3.8) is 0 Å². The van der Waals surface area contributed by atoms with E-state index in [0.717, 1.165) is 10.9 Å². The number of pyridine rings is 1. The molecule has 0 N–H and O–H groups in total. The summed E-state index contributed by atoms with van der Waals surface area (Å²) in [4.78, 5) is 4.24. The van der Waals surface area contributed by atoms with Crippen LogP contribution in [-0.2, 0) is 0 Å². The number of fused-ring (bicyclic) bond motifs is 3. The molecule has 0 fully saturated rings. The van der Waals surface area contributed by atoms with Crippen molar-refractivity contribution in [1.82, 2.24) is 4.98 Å². The largest absolute Gasteiger partial charge is 0.486 e. The van der Waals surface area contributed by atoms with E-state index in [4.69, 9.17) is 10.8 Å². The van der Waals surface area contributed by atoms with Gasteiger partial charge in [-0.15, -0.1) is 0 Å². The number of ether oxygens (including phenoxy) is 2. The predicted octanol–water partition coefficient (Wildman–Crippen LogP) is 2.01. The van der Waals surface area contributed by atoms with Crippen molar-refractivity contribution in [3.8, 4) is 11.5 Å². The second kappa shape index (κ2) is 2.87. The van der Waals surface area contributed by atoms with Gasteiger partial charge in [-0.1, -0.05) is 6.07 Å². The van der Waals surface area contributed by atoms with E-state index < -0.39 is 6.58 Å². The van der Waals surface area contributed by atoms with E-state index in [2.05, 4.69) is 4.98 Å². The molecular formula is C11H9NO2. The highest BCUT2D eigenvalue weighted by Crippen LogP contribution is 2.35. The lowest BCUT2D eigenvalue weighted by atomic mass is 10.2. The molecule has 1 aliphatic rings. The zero-order valence-corrected chi connectivity index (χ0v) is 7.43. The van der Waals surface area contributed by atoms with Gasteiger partial charge in [0.05, 0.1) is 1.37 Å². The van der Waals surface area contributed by atoms with Gasteiger partial charge in [0.1, 0.15) is 18.7 Å². The lowest BCUT2D eigenvalue weighted by Gasteiger charge is -2.18. The van der Waals surface area contributed by atoms with Gasteiger partial charge in [-0.2, -0.15) is 0 Å². The lowest BCUT2D eigenvalue weighted by Crippen LogP contribution is -2.15. The van der Waals surface area contributed by atoms with Crippen LogP contribution in [0.1, 0.15) is 1.37 Å². The summed E-state index contributed by atoms with van der Waals surface area (Å²) in [6, 6.07) is 7.62. The fraction of sp³-hybridized carbons (Fsp3) is 0.182. The minimum atomic E-state index is -0.662. The summed E-state index contributed by atoms with van der Waals surface area (Å²) in [5, 5.41) is 0.994. The maximum absolute atomic E-state index is 7.50. The molecule has 1 aliphatic heterocycles. The van der Waals surface area contributed by atoms with Crippen LogP contribution in [0.5, 0.6) is 11.5 Å². The van der Waals surface area contributed by atoms with Gasteiger partial charge in [-0.25, -0.2) is 0 Å². The molecule has 0 saturated heterocycles. The second-order valence-electron chi connectivity index (χ2n) is 3.06. The molecule has 3 nitrogen and oxygen atoms in total. The average molecular weight is 188 g/mol. The smallest absolute Gasteiger partial charge is 0.187 e. The van der Waals surface area contributed by atoms with E-state index in [1.165, 1.54) is 0 Å². The number of nitrogens with zero attached hydrogens (tertiary/aromatic N) is 1. The van der Waals surface area contributed by atoms with Gasteiger partial charge in [0.15, 0.2) is 11.5 Å². The number of hydrogen-bond acceptors (Lipinski definition) is 3. The van der Waals surface area contributed by atoms with Crippen LogP contribution in [0.2, 0.25) is 0 Å². The van der Waals surface area contributed by atoms with Crippen LogP contribution >= 0.6 is 0 Å². The standard InChI is InChI=1S/C11H9NO2/c1-2-8-3-4-9-11(10(8)12-5-1)14-7-6-13-9/h1-5H,6-7H2/i7D. The van der Waals surface area contributed by atoms with Crippen LogP contribution in [0.3, 0.4) is 0 Å². The molecule has 0 spiro atoms. The summed E-state index contributed by atoms with van der Waals surface area (Å²) in [5.74, 6) is 1.25. The second-order valence-corrected chi connectivity index (χ2v) is 3.06. The molecule has 0 aliphatic carbocycles. The number of hydrogen-bond donors (Lipinski definition) is 0. The monoisotopic (exact) mass is 188 g/mol. The number of aromatic nitrogens is 1. The van der Waals surface area contributed by atoms with Crippen molar-refractivity contribution < 1.29 is 10.8 Å². The summed E-state index contributed by atoms with van der Waals surface area (Å²) in [6.45, 7) is -0.393. The molecule has 1 atom stereocenters. The zero-order chi connectivity index (χ0) is 10.3. The van der Waals surface area contributed by atoms with Crippen molar-refractivity contribution in [2.45, 2.75) is 0 Å². The van der Waals surface area contributed by atoms with Crippen molar-refractivity contribution in [1.29, 1.82) is 0 Å². The van der Waals surface area contributed by atoms with Crippen molar-refractivity contribution >= 4 is 10.9 Å². The Morgan fingerprint density at radius 3 is 3.29 bits per heavy atom. The van der Waals surface area contributed by atoms with E-state index in [1.807, 2.05) is 24.3 Å². The van der Waals surface area contributed by atoms with Crippen molar-refractivity contribution in [2.24, 2.45) is 0 Å². The van der Waals surface area contributed by atoms with Gasteiger partial charge in [0, 0.05) is 11.6 Å². The van der Waals surface area contributed by atoms with Gasteiger partial charge in [0.2, 0.25) is 0 Å². The average Bonchev–Trinajstić information content (AvgIpc) is 2.29. The fourth-order valence-corrected chi connectivity index (χ4v) is 1.57. The molecule has 0 bridgehead atoms. The third-order valence-electron chi connectivity index (χ3n) is 2.20. The Morgan fingerprint density at radius 1 is 1.29 bits per heavy atom. The zero-order valence-electron chi connectivity index (χ0n) is 8.43. The van der Waals surface area contributed by atoms with Crippen molar-refractivity contribution in [2.75, 3.05) is 13.2 Å². The molecule has 1 aromatic carbocycles. The van der Waals surface area contributed by atoms with Crippen LogP contribution in [0.25, 0.3) is 10.9 Å². The normalized spacial score (nSPS) is 20.6. The Bertz CT molecular complexity index is 515. The molecule has 2 aromatic rings. The number of rotatable bonds is 0. The van der Waals surface area contributed by atoms with E-state index in [0.29, 0.717) is 11.5 Å². The maximum atomic E-state index is 7.50. The minimum absolute atomic E-state index is 0.269. The van der Waals surface area contributed by atoms with Gasteiger partial charge >= 0.3 is 0 Å². The van der Waals surface area contributed by atoms with Gasteiger partial charge in [0.25, 0.3) is 0 Å². The van der Waals surface area contributed by atoms with E-state index in [9.17, 15) is 0 Å². The fourth-order valence-electron chi connectivity index (χ4n) is 1.57. The Labute approximate surface area is 82.7 Å². The lowest BCUT2D eigenvalue weighted by molar-refractivity contribution is 0.173. The molecule has 70 valence electrons. The van der Waals surface area contributed by atoms with E-state index in [1.54, 1.807) is 6.20 Å². The Kier molecular flexibility index (Phi) is 1.36. The molecule has 0 amide bonds. The maximum Gasteiger partial charge on any atom is 0.187 e. The van der Waals surface area contributed by atoms with Crippen LogP contribution < -0.4 is 9.47 Å². The molecule has 2 heterocycles. The summed E-state index contributed by atoms with van der Waals surface area (Å²) in [5.41, 5.74) is 0.756.